The molecule has 0 fully saturated rings. The third-order valence-electron chi connectivity index (χ3n) is 4.73. The van der Waals surface area contributed by atoms with Crippen LogP contribution in [-0.2, 0) is 10.8 Å². The van der Waals surface area contributed by atoms with Crippen LogP contribution < -0.4 is 0 Å². The normalized spacial score (nSPS) is 12.8. The summed E-state index contributed by atoms with van der Waals surface area (Å²) in [6.07, 6.45) is 4.10. The molecule has 0 aliphatic heterocycles. The first kappa shape index (κ1) is 16.1. The maximum Gasteiger partial charge on any atom is 0.122 e. The number of rotatable bonds is 5. The first-order valence-corrected chi connectivity index (χ1v) is 7.37. The molecule has 1 rings (SSSR count). The zero-order chi connectivity index (χ0) is 14.8. The molecule has 0 atom stereocenters. The molecule has 0 heterocycles. The van der Waals surface area contributed by atoms with Gasteiger partial charge in [-0.1, -0.05) is 60.6 Å². The van der Waals surface area contributed by atoms with Crippen molar-refractivity contribution in [1.82, 2.24) is 0 Å². The Morgan fingerprint density at radius 1 is 1.00 bits per heavy atom. The number of hydrogen-bond acceptors (Lipinski definition) is 1. The second kappa shape index (κ2) is 5.56. The first-order valence-electron chi connectivity index (χ1n) is 7.37. The molecule has 0 unspecified atom stereocenters. The highest BCUT2D eigenvalue weighted by Crippen LogP contribution is 2.40. The van der Waals surface area contributed by atoms with E-state index < -0.39 is 0 Å². The van der Waals surface area contributed by atoms with Gasteiger partial charge in [-0.3, -0.25) is 0 Å². The van der Waals surface area contributed by atoms with Crippen molar-refractivity contribution >= 4 is 0 Å². The maximum absolute atomic E-state index is 10.5. The van der Waals surface area contributed by atoms with Crippen LogP contribution in [0, 0.1) is 6.42 Å². The van der Waals surface area contributed by atoms with Gasteiger partial charge in [0.1, 0.15) is 5.75 Å². The lowest BCUT2D eigenvalue weighted by atomic mass is 9.75. The molecule has 0 bridgehead atoms. The zero-order valence-electron chi connectivity index (χ0n) is 13.6. The Labute approximate surface area is 119 Å². The minimum atomic E-state index is 0.00166. The Morgan fingerprint density at radius 3 is 1.95 bits per heavy atom. The molecule has 1 N–H and O–H groups in total. The highest BCUT2D eigenvalue weighted by atomic mass is 16.3. The molecule has 1 nitrogen and oxygen atoms in total. The minimum absolute atomic E-state index is 0.00166. The van der Waals surface area contributed by atoms with Crippen LogP contribution in [-0.4, -0.2) is 5.11 Å². The van der Waals surface area contributed by atoms with Crippen LogP contribution in [0.15, 0.2) is 12.1 Å². The van der Waals surface area contributed by atoms with E-state index in [2.05, 4.69) is 53.7 Å². The largest absolute Gasteiger partial charge is 0.507 e. The second-order valence-corrected chi connectivity index (χ2v) is 6.73. The van der Waals surface area contributed by atoms with Gasteiger partial charge in [0, 0.05) is 5.56 Å². The van der Waals surface area contributed by atoms with E-state index in [0.717, 1.165) is 24.0 Å². The molecular formula is C18H29O. The van der Waals surface area contributed by atoms with Gasteiger partial charge < -0.3 is 5.11 Å². The summed E-state index contributed by atoms with van der Waals surface area (Å²) in [5, 5.41) is 10.5. The summed E-state index contributed by atoms with van der Waals surface area (Å²) in [6.45, 7) is 15.3. The summed E-state index contributed by atoms with van der Waals surface area (Å²) in [7, 11) is 0. The number of hydrogen-bond donors (Lipinski definition) is 1. The molecule has 1 heteroatoms. The van der Waals surface area contributed by atoms with Crippen LogP contribution >= 0.6 is 0 Å². The summed E-state index contributed by atoms with van der Waals surface area (Å²) in [5.41, 5.74) is 3.49. The van der Waals surface area contributed by atoms with Gasteiger partial charge in [-0.15, -0.1) is 0 Å². The van der Waals surface area contributed by atoms with Gasteiger partial charge in [0.25, 0.3) is 0 Å². The third kappa shape index (κ3) is 3.13. The molecule has 0 aliphatic carbocycles. The van der Waals surface area contributed by atoms with Crippen LogP contribution in [0.1, 0.15) is 78.0 Å². The van der Waals surface area contributed by atoms with Crippen molar-refractivity contribution in [2.45, 2.75) is 72.1 Å². The Kier molecular flexibility index (Phi) is 4.71. The predicted molar refractivity (Wildman–Crippen MR) is 83.8 cm³/mol. The van der Waals surface area contributed by atoms with Gasteiger partial charge in [-0.2, -0.15) is 0 Å². The predicted octanol–water partition coefficient (Wildman–Crippen LogP) is 5.34. The molecule has 0 spiro atoms. The van der Waals surface area contributed by atoms with E-state index in [4.69, 9.17) is 0 Å². The van der Waals surface area contributed by atoms with Gasteiger partial charge in [-0.05, 0) is 41.2 Å². The number of aromatic hydroxyl groups is 1. The lowest BCUT2D eigenvalue weighted by Gasteiger charge is -2.30. The molecule has 0 aromatic heterocycles. The maximum atomic E-state index is 10.5. The van der Waals surface area contributed by atoms with Gasteiger partial charge >= 0.3 is 0 Å². The van der Waals surface area contributed by atoms with E-state index in [9.17, 15) is 5.11 Å². The lowest BCUT2D eigenvalue weighted by molar-refractivity contribution is 0.422. The molecule has 19 heavy (non-hydrogen) atoms. The van der Waals surface area contributed by atoms with Crippen molar-refractivity contribution in [1.29, 1.82) is 0 Å². The molecule has 1 aromatic rings. The summed E-state index contributed by atoms with van der Waals surface area (Å²) in [4.78, 5) is 0. The van der Waals surface area contributed by atoms with Gasteiger partial charge in [0.05, 0.1) is 0 Å². The summed E-state index contributed by atoms with van der Waals surface area (Å²) < 4.78 is 0. The van der Waals surface area contributed by atoms with Crippen LogP contribution in [0.5, 0.6) is 5.75 Å². The fourth-order valence-electron chi connectivity index (χ4n) is 2.18. The molecule has 0 saturated carbocycles. The van der Waals surface area contributed by atoms with Crippen molar-refractivity contribution in [3.8, 4) is 5.75 Å². The third-order valence-corrected chi connectivity index (χ3v) is 4.73. The fourth-order valence-corrected chi connectivity index (χ4v) is 2.18. The van der Waals surface area contributed by atoms with E-state index in [1.165, 1.54) is 5.56 Å². The van der Waals surface area contributed by atoms with Crippen molar-refractivity contribution in [2.75, 3.05) is 0 Å². The van der Waals surface area contributed by atoms with Crippen molar-refractivity contribution < 1.29 is 5.11 Å². The van der Waals surface area contributed by atoms with E-state index in [0.29, 0.717) is 5.75 Å². The zero-order valence-corrected chi connectivity index (χ0v) is 13.6. The molecule has 1 aromatic carbocycles. The molecule has 0 aliphatic rings. The van der Waals surface area contributed by atoms with E-state index in [-0.39, 0.29) is 10.8 Å². The van der Waals surface area contributed by atoms with Crippen molar-refractivity contribution in [3.05, 3.63) is 35.2 Å². The monoisotopic (exact) mass is 261 g/mol. The van der Waals surface area contributed by atoms with Crippen LogP contribution in [0.25, 0.3) is 0 Å². The Hall–Kier alpha value is -0.980. The van der Waals surface area contributed by atoms with Gasteiger partial charge in [0.2, 0.25) is 0 Å². The highest BCUT2D eigenvalue weighted by molar-refractivity contribution is 5.51. The molecule has 107 valence electrons. The van der Waals surface area contributed by atoms with E-state index in [1.54, 1.807) is 0 Å². The van der Waals surface area contributed by atoms with Crippen LogP contribution in [0.4, 0.5) is 0 Å². The van der Waals surface area contributed by atoms with Gasteiger partial charge in [0.15, 0.2) is 0 Å². The molecule has 0 saturated heterocycles. The Morgan fingerprint density at radius 2 is 1.53 bits per heavy atom. The number of benzene rings is 1. The summed E-state index contributed by atoms with van der Waals surface area (Å²) >= 11 is 0. The van der Waals surface area contributed by atoms with Crippen molar-refractivity contribution in [2.24, 2.45) is 0 Å². The highest BCUT2D eigenvalue weighted by Gasteiger charge is 2.27. The average molecular weight is 261 g/mol. The fraction of sp³-hybridized carbons (Fsp3) is 0.611. The van der Waals surface area contributed by atoms with Gasteiger partial charge in [-0.25, -0.2) is 0 Å². The smallest absolute Gasteiger partial charge is 0.122 e. The van der Waals surface area contributed by atoms with Crippen molar-refractivity contribution in [3.63, 3.8) is 0 Å². The molecule has 1 radical (unpaired) electrons. The van der Waals surface area contributed by atoms with E-state index in [1.807, 2.05) is 13.3 Å². The second-order valence-electron chi connectivity index (χ2n) is 6.73. The molecule has 0 amide bonds. The Balaban J connectivity index is 3.52. The standard InChI is InChI=1S/C18H29O/c1-8-13-11-14(17(4,5)9-2)12-15(16(13)19)18(6,7)10-3/h8,11-12,19H,9-10H2,1-7H3. The summed E-state index contributed by atoms with van der Waals surface area (Å²) in [5.74, 6) is 0.449. The van der Waals surface area contributed by atoms with E-state index >= 15 is 0 Å². The molecular weight excluding hydrogens is 232 g/mol. The number of phenolic OH excluding ortho intramolecular Hbond substituents is 1. The van der Waals surface area contributed by atoms with Crippen LogP contribution in [0.2, 0.25) is 0 Å². The average Bonchev–Trinajstić information content (AvgIpc) is 2.38. The number of phenols is 1. The quantitative estimate of drug-likeness (QED) is 0.758. The SMILES string of the molecule is C[CH]c1cc(C(C)(C)CC)cc(C(C)(C)CC)c1O. The lowest BCUT2D eigenvalue weighted by Crippen LogP contribution is -2.21. The minimum Gasteiger partial charge on any atom is -0.507 e. The topological polar surface area (TPSA) is 20.2 Å². The first-order chi connectivity index (χ1) is 8.69. The summed E-state index contributed by atoms with van der Waals surface area (Å²) in [6, 6.07) is 4.34. The Bertz CT molecular complexity index is 441. The van der Waals surface area contributed by atoms with Crippen LogP contribution in [0.3, 0.4) is 0 Å².